The lowest BCUT2D eigenvalue weighted by molar-refractivity contribution is 0.0963. The molecule has 1 aliphatic rings. The van der Waals surface area contributed by atoms with Gasteiger partial charge in [0, 0.05) is 12.6 Å². The molecular weight excluding hydrogens is 194 g/mol. The van der Waals surface area contributed by atoms with Crippen molar-refractivity contribution in [3.63, 3.8) is 0 Å². The first kappa shape index (κ1) is 10.1. The summed E-state index contributed by atoms with van der Waals surface area (Å²) in [5.74, 6) is 2.27. The fraction of sp³-hybridized carbons (Fsp3) is 0.455. The van der Waals surface area contributed by atoms with Crippen LogP contribution in [0.15, 0.2) is 12.1 Å². The molecule has 1 aromatic rings. The number of hydrogen-bond donors (Lipinski definition) is 1. The Hall–Kier alpha value is -1.42. The van der Waals surface area contributed by atoms with E-state index in [2.05, 4.69) is 0 Å². The Labute approximate surface area is 88.9 Å². The largest absolute Gasteiger partial charge is 0.496 e. The van der Waals surface area contributed by atoms with Gasteiger partial charge in [-0.15, -0.1) is 0 Å². The summed E-state index contributed by atoms with van der Waals surface area (Å²) in [6.45, 7) is 2.93. The Balaban J connectivity index is 2.33. The molecule has 0 bridgehead atoms. The van der Waals surface area contributed by atoms with E-state index in [4.69, 9.17) is 19.9 Å². The predicted octanol–water partition coefficient (Wildman–Crippen LogP) is 1.10. The van der Waals surface area contributed by atoms with Gasteiger partial charge in [-0.1, -0.05) is 0 Å². The van der Waals surface area contributed by atoms with Gasteiger partial charge in [0.15, 0.2) is 11.5 Å². The van der Waals surface area contributed by atoms with Crippen molar-refractivity contribution in [3.05, 3.63) is 17.7 Å². The summed E-state index contributed by atoms with van der Waals surface area (Å²) in [4.78, 5) is 0. The van der Waals surface area contributed by atoms with Gasteiger partial charge in [-0.3, -0.25) is 0 Å². The Morgan fingerprint density at radius 1 is 1.47 bits per heavy atom. The molecule has 0 amide bonds. The van der Waals surface area contributed by atoms with Crippen LogP contribution in [0.25, 0.3) is 0 Å². The third kappa shape index (κ3) is 1.85. The van der Waals surface area contributed by atoms with Crippen LogP contribution in [0.5, 0.6) is 17.2 Å². The van der Waals surface area contributed by atoms with Crippen LogP contribution in [0.3, 0.4) is 0 Å². The van der Waals surface area contributed by atoms with E-state index in [1.54, 1.807) is 7.11 Å². The Morgan fingerprint density at radius 2 is 2.27 bits per heavy atom. The van der Waals surface area contributed by atoms with E-state index in [0.717, 1.165) is 17.1 Å². The molecule has 0 fully saturated rings. The highest BCUT2D eigenvalue weighted by Crippen LogP contribution is 2.37. The molecule has 1 heterocycles. The summed E-state index contributed by atoms with van der Waals surface area (Å²) in [5.41, 5.74) is 6.56. The Morgan fingerprint density at radius 3 is 2.93 bits per heavy atom. The lowest BCUT2D eigenvalue weighted by Crippen LogP contribution is -2.35. The van der Waals surface area contributed by atoms with E-state index in [1.807, 2.05) is 19.1 Å². The molecule has 4 heteroatoms. The van der Waals surface area contributed by atoms with E-state index in [-0.39, 0.29) is 6.10 Å². The molecule has 2 rings (SSSR count). The lowest BCUT2D eigenvalue weighted by atomic mass is 10.2. The van der Waals surface area contributed by atoms with Gasteiger partial charge < -0.3 is 19.9 Å². The summed E-state index contributed by atoms with van der Waals surface area (Å²) in [6.07, 6.45) is -0.0649. The molecule has 0 spiro atoms. The molecule has 4 nitrogen and oxygen atoms in total. The minimum absolute atomic E-state index is 0.0649. The third-order valence-corrected chi connectivity index (χ3v) is 2.44. The van der Waals surface area contributed by atoms with Gasteiger partial charge in [0.25, 0.3) is 0 Å². The standard InChI is InChI=1S/C11H15NO3/c1-7-3-10-11(4-9(7)13-2)15-8(5-12)6-14-10/h3-4,8H,5-6,12H2,1-2H3. The van der Waals surface area contributed by atoms with Crippen molar-refractivity contribution in [1.82, 2.24) is 0 Å². The summed E-state index contributed by atoms with van der Waals surface area (Å²) in [5, 5.41) is 0. The minimum atomic E-state index is -0.0649. The molecule has 0 saturated carbocycles. The maximum absolute atomic E-state index is 5.65. The van der Waals surface area contributed by atoms with Crippen LogP contribution >= 0.6 is 0 Å². The summed E-state index contributed by atoms with van der Waals surface area (Å²) in [6, 6.07) is 3.76. The number of fused-ring (bicyclic) bond motifs is 1. The molecule has 1 aromatic carbocycles. The molecule has 1 aliphatic heterocycles. The number of nitrogens with two attached hydrogens (primary N) is 1. The van der Waals surface area contributed by atoms with E-state index in [1.165, 1.54) is 0 Å². The molecule has 0 aromatic heterocycles. The number of ether oxygens (including phenoxy) is 3. The highest BCUT2D eigenvalue weighted by atomic mass is 16.6. The molecule has 0 radical (unpaired) electrons. The second-order valence-electron chi connectivity index (χ2n) is 3.56. The van der Waals surface area contributed by atoms with E-state index in [0.29, 0.717) is 18.9 Å². The van der Waals surface area contributed by atoms with Crippen molar-refractivity contribution in [1.29, 1.82) is 0 Å². The second kappa shape index (κ2) is 3.98. The predicted molar refractivity (Wildman–Crippen MR) is 56.7 cm³/mol. The average molecular weight is 209 g/mol. The maximum Gasteiger partial charge on any atom is 0.165 e. The topological polar surface area (TPSA) is 53.7 Å². The zero-order valence-corrected chi connectivity index (χ0v) is 8.95. The number of methoxy groups -OCH3 is 1. The molecule has 82 valence electrons. The molecule has 1 unspecified atom stereocenters. The van der Waals surface area contributed by atoms with E-state index < -0.39 is 0 Å². The van der Waals surface area contributed by atoms with Crippen LogP contribution in [0.2, 0.25) is 0 Å². The van der Waals surface area contributed by atoms with Gasteiger partial charge in [-0.25, -0.2) is 0 Å². The van der Waals surface area contributed by atoms with Crippen LogP contribution in [-0.4, -0.2) is 26.4 Å². The summed E-state index contributed by atoms with van der Waals surface area (Å²) >= 11 is 0. The van der Waals surface area contributed by atoms with Crippen LogP contribution in [0.1, 0.15) is 5.56 Å². The van der Waals surface area contributed by atoms with Crippen LogP contribution in [0.4, 0.5) is 0 Å². The second-order valence-corrected chi connectivity index (χ2v) is 3.56. The zero-order valence-electron chi connectivity index (χ0n) is 8.95. The SMILES string of the molecule is COc1cc2c(cc1C)OCC(CN)O2. The quantitative estimate of drug-likeness (QED) is 0.792. The van der Waals surface area contributed by atoms with Crippen molar-refractivity contribution in [2.45, 2.75) is 13.0 Å². The highest BCUT2D eigenvalue weighted by Gasteiger charge is 2.21. The monoisotopic (exact) mass is 209 g/mol. The minimum Gasteiger partial charge on any atom is -0.496 e. The fourth-order valence-electron chi connectivity index (χ4n) is 1.58. The first-order chi connectivity index (χ1) is 7.24. The first-order valence-electron chi connectivity index (χ1n) is 4.92. The zero-order chi connectivity index (χ0) is 10.8. The smallest absolute Gasteiger partial charge is 0.165 e. The van der Waals surface area contributed by atoms with Crippen molar-refractivity contribution in [3.8, 4) is 17.2 Å². The number of rotatable bonds is 2. The van der Waals surface area contributed by atoms with Crippen molar-refractivity contribution < 1.29 is 14.2 Å². The molecule has 1 atom stereocenters. The highest BCUT2D eigenvalue weighted by molar-refractivity contribution is 5.50. The van der Waals surface area contributed by atoms with E-state index >= 15 is 0 Å². The van der Waals surface area contributed by atoms with Crippen LogP contribution < -0.4 is 19.9 Å². The average Bonchev–Trinajstić information content (AvgIpc) is 2.27. The molecular formula is C11H15NO3. The van der Waals surface area contributed by atoms with Gasteiger partial charge in [0.05, 0.1) is 7.11 Å². The van der Waals surface area contributed by atoms with Gasteiger partial charge >= 0.3 is 0 Å². The number of hydrogen-bond acceptors (Lipinski definition) is 4. The van der Waals surface area contributed by atoms with Gasteiger partial charge in [0.2, 0.25) is 0 Å². The normalized spacial score (nSPS) is 18.7. The van der Waals surface area contributed by atoms with Crippen molar-refractivity contribution in [2.24, 2.45) is 5.73 Å². The van der Waals surface area contributed by atoms with Crippen molar-refractivity contribution >= 4 is 0 Å². The molecule has 2 N–H and O–H groups in total. The Bertz CT molecular complexity index is 365. The van der Waals surface area contributed by atoms with Gasteiger partial charge in [-0.05, 0) is 18.6 Å². The molecule has 15 heavy (non-hydrogen) atoms. The molecule has 0 saturated heterocycles. The fourth-order valence-corrected chi connectivity index (χ4v) is 1.58. The first-order valence-corrected chi connectivity index (χ1v) is 4.92. The number of benzene rings is 1. The Kier molecular flexibility index (Phi) is 2.68. The van der Waals surface area contributed by atoms with Crippen LogP contribution in [0, 0.1) is 6.92 Å². The van der Waals surface area contributed by atoms with Crippen molar-refractivity contribution in [2.75, 3.05) is 20.3 Å². The van der Waals surface area contributed by atoms with Gasteiger partial charge in [-0.2, -0.15) is 0 Å². The summed E-state index contributed by atoms with van der Waals surface area (Å²) < 4.78 is 16.4. The molecule has 0 aliphatic carbocycles. The lowest BCUT2D eigenvalue weighted by Gasteiger charge is -2.26. The summed E-state index contributed by atoms with van der Waals surface area (Å²) in [7, 11) is 1.64. The van der Waals surface area contributed by atoms with Crippen LogP contribution in [-0.2, 0) is 0 Å². The maximum atomic E-state index is 5.65. The van der Waals surface area contributed by atoms with Gasteiger partial charge in [0.1, 0.15) is 18.5 Å². The van der Waals surface area contributed by atoms with E-state index in [9.17, 15) is 0 Å². The number of aryl methyl sites for hydroxylation is 1. The third-order valence-electron chi connectivity index (χ3n) is 2.44.